The molecule has 0 spiro atoms. The van der Waals surface area contributed by atoms with Crippen LogP contribution in [0.5, 0.6) is 0 Å². The van der Waals surface area contributed by atoms with Gasteiger partial charge in [0.15, 0.2) is 0 Å². The zero-order valence-corrected chi connectivity index (χ0v) is 6.32. The van der Waals surface area contributed by atoms with Crippen molar-refractivity contribution in [3.63, 3.8) is 0 Å². The van der Waals surface area contributed by atoms with Crippen LogP contribution >= 0.6 is 0 Å². The van der Waals surface area contributed by atoms with Crippen LogP contribution in [0.25, 0.3) is 0 Å². The lowest BCUT2D eigenvalue weighted by atomic mass is 10.2. The van der Waals surface area contributed by atoms with E-state index in [0.29, 0.717) is 6.04 Å². The van der Waals surface area contributed by atoms with Gasteiger partial charge < -0.3 is 5.32 Å². The molecule has 0 aromatic heterocycles. The summed E-state index contributed by atoms with van der Waals surface area (Å²) in [6, 6.07) is 0.527. The van der Waals surface area contributed by atoms with Gasteiger partial charge in [0.2, 0.25) is 0 Å². The van der Waals surface area contributed by atoms with Crippen molar-refractivity contribution in [2.75, 3.05) is 11.5 Å². The second-order valence-corrected chi connectivity index (χ2v) is 4.07. The highest BCUT2D eigenvalue weighted by atomic mass is 32.2. The predicted octanol–water partition coefficient (Wildman–Crippen LogP) is -0.748. The minimum atomic E-state index is -0.541. The summed E-state index contributed by atoms with van der Waals surface area (Å²) in [6.07, 6.45) is 2.30. The summed E-state index contributed by atoms with van der Waals surface area (Å²) in [6.45, 7) is 0. The fourth-order valence-electron chi connectivity index (χ4n) is 1.10. The van der Waals surface area contributed by atoms with Crippen LogP contribution in [0.1, 0.15) is 12.8 Å². The second kappa shape index (κ2) is 3.32. The highest BCUT2D eigenvalue weighted by Gasteiger charge is 2.17. The maximum absolute atomic E-state index is 10.9. The molecule has 1 heterocycles. The molecule has 2 unspecified atom stereocenters. The Morgan fingerprint density at radius 3 is 2.89 bits per heavy atom. The predicted molar refractivity (Wildman–Crippen MR) is 38.2 cm³/mol. The van der Waals surface area contributed by atoms with Crippen LogP contribution in [0.15, 0.2) is 0 Å². The number of rotatable bonds is 1. The highest BCUT2D eigenvalue weighted by Crippen LogP contribution is 2.04. The van der Waals surface area contributed by atoms with E-state index in [-0.39, 0.29) is 0 Å². The first-order valence-electron chi connectivity index (χ1n) is 3.30. The van der Waals surface area contributed by atoms with Gasteiger partial charge in [-0.1, -0.05) is 0 Å². The Labute approximate surface area is 58.5 Å². The third-order valence-electron chi connectivity index (χ3n) is 1.68. The topological polar surface area (TPSA) is 33.7 Å². The lowest BCUT2D eigenvalue weighted by Gasteiger charge is -2.20. The largest absolute Gasteiger partial charge is 0.476 e. The van der Waals surface area contributed by atoms with Gasteiger partial charge in [0.05, 0.1) is 11.8 Å². The maximum atomic E-state index is 10.9. The number of hydrogen-bond acceptors (Lipinski definition) is 1. The van der Waals surface area contributed by atoms with Crippen LogP contribution < -0.4 is 5.32 Å². The molecule has 1 saturated heterocycles. The Morgan fingerprint density at radius 2 is 2.44 bits per heavy atom. The highest BCUT2D eigenvalue weighted by molar-refractivity contribution is 7.85. The van der Waals surface area contributed by atoms with Crippen LogP contribution in [0, 0.1) is 7.05 Å². The first kappa shape index (κ1) is 7.22. The lowest BCUT2D eigenvalue weighted by Crippen LogP contribution is -2.85. The van der Waals surface area contributed by atoms with Gasteiger partial charge in [-0.15, -0.1) is 0 Å². The summed E-state index contributed by atoms with van der Waals surface area (Å²) in [5, 5.41) is 1.93. The van der Waals surface area contributed by atoms with Gasteiger partial charge in [-0.3, -0.25) is 4.21 Å². The molecule has 0 saturated carbocycles. The van der Waals surface area contributed by atoms with E-state index in [0.717, 1.165) is 17.9 Å². The minimum Gasteiger partial charge on any atom is -0.476 e. The monoisotopic (exact) mass is 147 g/mol. The zero-order valence-electron chi connectivity index (χ0n) is 5.51. The Balaban J connectivity index is 2.32. The van der Waals surface area contributed by atoms with Gasteiger partial charge in [0, 0.05) is 16.6 Å². The molecule has 0 aromatic carbocycles. The van der Waals surface area contributed by atoms with E-state index in [9.17, 15) is 4.21 Å². The first-order valence-corrected chi connectivity index (χ1v) is 4.79. The molecule has 1 aliphatic rings. The van der Waals surface area contributed by atoms with E-state index < -0.39 is 10.8 Å². The van der Waals surface area contributed by atoms with Gasteiger partial charge in [0.25, 0.3) is 0 Å². The Hall–Kier alpha value is 0.110. The molecule has 54 valence electrons. The summed E-state index contributed by atoms with van der Waals surface area (Å²) in [5.41, 5.74) is 0. The van der Waals surface area contributed by atoms with Gasteiger partial charge >= 0.3 is 0 Å². The van der Waals surface area contributed by atoms with Crippen molar-refractivity contribution >= 4 is 10.8 Å². The SMILES string of the molecule is [CH2-][NH2+]C1CCCS(=O)C1. The summed E-state index contributed by atoms with van der Waals surface area (Å²) in [7, 11) is 3.14. The third-order valence-corrected chi connectivity index (χ3v) is 3.22. The maximum Gasteiger partial charge on any atom is 0.0737 e. The Morgan fingerprint density at radius 1 is 1.67 bits per heavy atom. The van der Waals surface area contributed by atoms with Crippen molar-refractivity contribution in [3.8, 4) is 0 Å². The van der Waals surface area contributed by atoms with Crippen molar-refractivity contribution in [2.45, 2.75) is 18.9 Å². The summed E-state index contributed by atoms with van der Waals surface area (Å²) in [4.78, 5) is 0. The normalized spacial score (nSPS) is 36.6. The minimum absolute atomic E-state index is 0.527. The Bertz CT molecular complexity index is 116. The molecule has 2 atom stereocenters. The van der Waals surface area contributed by atoms with Gasteiger partial charge in [-0.25, -0.2) is 0 Å². The van der Waals surface area contributed by atoms with Gasteiger partial charge in [-0.2, -0.15) is 7.05 Å². The van der Waals surface area contributed by atoms with E-state index in [1.807, 2.05) is 5.32 Å². The molecule has 1 fully saturated rings. The summed E-state index contributed by atoms with van der Waals surface area (Å²) < 4.78 is 10.9. The number of quaternary nitrogens is 1. The standard InChI is InChI=1S/C6H13NOS/c1-7-6-3-2-4-9(8)5-6/h6H,1-5,7H2. The van der Waals surface area contributed by atoms with Gasteiger partial charge in [-0.05, 0) is 12.8 Å². The van der Waals surface area contributed by atoms with Crippen LogP contribution in [0.4, 0.5) is 0 Å². The van der Waals surface area contributed by atoms with Crippen molar-refractivity contribution in [1.82, 2.24) is 0 Å². The molecule has 1 rings (SSSR count). The molecule has 3 heteroatoms. The van der Waals surface area contributed by atoms with Crippen LogP contribution in [-0.4, -0.2) is 21.8 Å². The van der Waals surface area contributed by atoms with E-state index in [1.54, 1.807) is 0 Å². The summed E-state index contributed by atoms with van der Waals surface area (Å²) in [5.74, 6) is 1.76. The van der Waals surface area contributed by atoms with Crippen molar-refractivity contribution in [2.24, 2.45) is 0 Å². The smallest absolute Gasteiger partial charge is 0.0737 e. The lowest BCUT2D eigenvalue weighted by molar-refractivity contribution is -0.630. The van der Waals surface area contributed by atoms with Crippen LogP contribution in [0.3, 0.4) is 0 Å². The number of nitrogens with two attached hydrogens (primary N) is 1. The molecule has 0 bridgehead atoms. The van der Waals surface area contributed by atoms with Crippen molar-refractivity contribution < 1.29 is 9.53 Å². The second-order valence-electron chi connectivity index (χ2n) is 2.45. The molecule has 2 nitrogen and oxygen atoms in total. The van der Waals surface area contributed by atoms with Crippen LogP contribution in [-0.2, 0) is 10.8 Å². The molecule has 0 aromatic rings. The molecule has 2 N–H and O–H groups in total. The third kappa shape index (κ3) is 2.06. The fraction of sp³-hybridized carbons (Fsp3) is 0.833. The molecule has 0 amide bonds. The average Bonchev–Trinajstić information content (AvgIpc) is 1.88. The molecular formula is C6H13NOS. The van der Waals surface area contributed by atoms with E-state index in [4.69, 9.17) is 0 Å². The van der Waals surface area contributed by atoms with Gasteiger partial charge in [0.1, 0.15) is 0 Å². The van der Waals surface area contributed by atoms with E-state index in [1.165, 1.54) is 6.42 Å². The van der Waals surface area contributed by atoms with Crippen molar-refractivity contribution in [1.29, 1.82) is 0 Å². The molecule has 9 heavy (non-hydrogen) atoms. The average molecular weight is 147 g/mol. The quantitative estimate of drug-likeness (QED) is 0.487. The molecule has 0 aliphatic carbocycles. The molecule has 0 radical (unpaired) electrons. The zero-order chi connectivity index (χ0) is 6.69. The van der Waals surface area contributed by atoms with E-state index in [2.05, 4.69) is 7.05 Å². The van der Waals surface area contributed by atoms with Crippen LogP contribution in [0.2, 0.25) is 0 Å². The fourth-order valence-corrected chi connectivity index (χ4v) is 2.53. The van der Waals surface area contributed by atoms with E-state index >= 15 is 0 Å². The first-order chi connectivity index (χ1) is 4.33. The van der Waals surface area contributed by atoms with Crippen molar-refractivity contribution in [3.05, 3.63) is 7.05 Å². The molecular weight excluding hydrogens is 134 g/mol. The summed E-state index contributed by atoms with van der Waals surface area (Å²) >= 11 is 0. The number of hydrogen-bond donors (Lipinski definition) is 1. The Kier molecular flexibility index (Phi) is 2.66. The molecule has 1 aliphatic heterocycles.